The summed E-state index contributed by atoms with van der Waals surface area (Å²) >= 11 is 6.36. The molecule has 0 heterocycles. The molecular weight excluding hydrogens is 271 g/mol. The van der Waals surface area contributed by atoms with Gasteiger partial charge in [0.1, 0.15) is 5.82 Å². The van der Waals surface area contributed by atoms with Crippen LogP contribution in [0.25, 0.3) is 0 Å². The van der Waals surface area contributed by atoms with Crippen molar-refractivity contribution in [3.05, 3.63) is 71.0 Å². The molecule has 0 aliphatic heterocycles. The topological polar surface area (TPSA) is 0 Å². The molecule has 0 amide bonds. The number of halogens is 2. The fraction of sp³-hybridized carbons (Fsp3) is 0.333. The first-order chi connectivity index (χ1) is 9.73. The van der Waals surface area contributed by atoms with Crippen molar-refractivity contribution in [3.63, 3.8) is 0 Å². The van der Waals surface area contributed by atoms with Crippen molar-refractivity contribution >= 4 is 11.6 Å². The van der Waals surface area contributed by atoms with Gasteiger partial charge < -0.3 is 0 Å². The molecular formula is C18H18ClF. The minimum atomic E-state index is -0.170. The summed E-state index contributed by atoms with van der Waals surface area (Å²) in [5, 5.41) is 0. The van der Waals surface area contributed by atoms with Crippen molar-refractivity contribution in [2.24, 2.45) is 0 Å². The largest absolute Gasteiger partial charge is 0.207 e. The van der Waals surface area contributed by atoms with Gasteiger partial charge in [0.25, 0.3) is 0 Å². The van der Waals surface area contributed by atoms with E-state index in [9.17, 15) is 4.39 Å². The summed E-state index contributed by atoms with van der Waals surface area (Å²) in [5.41, 5.74) is 3.73. The number of hydrogen-bond donors (Lipinski definition) is 0. The van der Waals surface area contributed by atoms with Crippen LogP contribution in [0.5, 0.6) is 0 Å². The average molecular weight is 289 g/mol. The van der Waals surface area contributed by atoms with E-state index in [1.807, 2.05) is 6.07 Å². The van der Waals surface area contributed by atoms with Gasteiger partial charge in [-0.3, -0.25) is 0 Å². The fourth-order valence-electron chi connectivity index (χ4n) is 3.41. The third-order valence-corrected chi connectivity index (χ3v) is 4.89. The normalized spacial score (nSPS) is 21.5. The maximum atomic E-state index is 13.4. The lowest BCUT2D eigenvalue weighted by Gasteiger charge is -2.38. The highest BCUT2D eigenvalue weighted by Gasteiger charge is 2.35. The molecule has 1 atom stereocenters. The Bertz CT molecular complexity index is 608. The van der Waals surface area contributed by atoms with E-state index in [-0.39, 0.29) is 11.2 Å². The van der Waals surface area contributed by atoms with Crippen LogP contribution in [0.2, 0.25) is 0 Å². The molecule has 104 valence electrons. The van der Waals surface area contributed by atoms with Crippen molar-refractivity contribution in [2.45, 2.75) is 31.1 Å². The van der Waals surface area contributed by atoms with Gasteiger partial charge in [0.05, 0.1) is 0 Å². The Kier molecular flexibility index (Phi) is 3.80. The van der Waals surface area contributed by atoms with Crippen molar-refractivity contribution in [2.75, 3.05) is 5.88 Å². The second-order valence-electron chi connectivity index (χ2n) is 5.73. The summed E-state index contributed by atoms with van der Waals surface area (Å²) in [5.74, 6) is 0.414. The fourth-order valence-corrected chi connectivity index (χ4v) is 3.79. The molecule has 20 heavy (non-hydrogen) atoms. The van der Waals surface area contributed by atoms with Crippen molar-refractivity contribution in [1.29, 1.82) is 0 Å². The quantitative estimate of drug-likeness (QED) is 0.706. The summed E-state index contributed by atoms with van der Waals surface area (Å²) in [4.78, 5) is 0. The maximum Gasteiger partial charge on any atom is 0.123 e. The van der Waals surface area contributed by atoms with Gasteiger partial charge in [-0.2, -0.15) is 0 Å². The Labute approximate surface area is 124 Å². The van der Waals surface area contributed by atoms with Crippen LogP contribution in [0, 0.1) is 5.82 Å². The predicted molar refractivity (Wildman–Crippen MR) is 81.9 cm³/mol. The Balaban J connectivity index is 2.00. The zero-order chi connectivity index (χ0) is 14.0. The van der Waals surface area contributed by atoms with Crippen LogP contribution >= 0.6 is 11.6 Å². The molecule has 0 saturated carbocycles. The van der Waals surface area contributed by atoms with Gasteiger partial charge in [0, 0.05) is 11.3 Å². The lowest BCUT2D eigenvalue weighted by atomic mass is 9.68. The van der Waals surface area contributed by atoms with Gasteiger partial charge in [0.2, 0.25) is 0 Å². The maximum absolute atomic E-state index is 13.4. The molecule has 0 aromatic heterocycles. The molecule has 0 N–H and O–H groups in total. The number of rotatable bonds is 3. The number of hydrogen-bond acceptors (Lipinski definition) is 0. The van der Waals surface area contributed by atoms with Crippen LogP contribution in [0.15, 0.2) is 48.5 Å². The smallest absolute Gasteiger partial charge is 0.123 e. The first-order valence-corrected chi connectivity index (χ1v) is 7.66. The zero-order valence-corrected chi connectivity index (χ0v) is 12.2. The lowest BCUT2D eigenvalue weighted by Crippen LogP contribution is -2.35. The highest BCUT2D eigenvalue weighted by atomic mass is 35.5. The number of fused-ring (bicyclic) bond motifs is 1. The molecule has 3 rings (SSSR count). The minimum Gasteiger partial charge on any atom is -0.207 e. The Hall–Kier alpha value is -1.34. The van der Waals surface area contributed by atoms with Gasteiger partial charge in [-0.1, -0.05) is 36.4 Å². The van der Waals surface area contributed by atoms with Crippen molar-refractivity contribution < 1.29 is 4.39 Å². The first-order valence-electron chi connectivity index (χ1n) is 7.12. The minimum absolute atomic E-state index is 0.0514. The molecule has 1 unspecified atom stereocenters. The van der Waals surface area contributed by atoms with Gasteiger partial charge in [0.15, 0.2) is 0 Å². The standard InChI is InChI=1S/C18H18ClF/c19-13-18(12-14-5-3-8-16(20)11-14)10-4-7-15-6-1-2-9-17(15)18/h1-3,5-6,8-9,11H,4,7,10,12-13H2. The molecule has 2 heteroatoms. The Morgan fingerprint density at radius 1 is 1.10 bits per heavy atom. The Morgan fingerprint density at radius 2 is 1.95 bits per heavy atom. The number of benzene rings is 2. The van der Waals surface area contributed by atoms with Crippen LogP contribution < -0.4 is 0 Å². The monoisotopic (exact) mass is 288 g/mol. The van der Waals surface area contributed by atoms with Gasteiger partial charge in [-0.05, 0) is 54.5 Å². The average Bonchev–Trinajstić information content (AvgIpc) is 2.47. The van der Waals surface area contributed by atoms with Crippen LogP contribution in [-0.2, 0) is 18.3 Å². The molecule has 0 fully saturated rings. The summed E-state index contributed by atoms with van der Waals surface area (Å²) in [6.45, 7) is 0. The van der Waals surface area contributed by atoms with E-state index in [2.05, 4.69) is 24.3 Å². The van der Waals surface area contributed by atoms with Crippen LogP contribution in [0.1, 0.15) is 29.5 Å². The van der Waals surface area contributed by atoms with E-state index in [0.29, 0.717) is 5.88 Å². The van der Waals surface area contributed by atoms with E-state index in [4.69, 9.17) is 11.6 Å². The molecule has 0 nitrogen and oxygen atoms in total. The molecule has 1 aliphatic carbocycles. The van der Waals surface area contributed by atoms with E-state index in [1.54, 1.807) is 12.1 Å². The molecule has 1 aliphatic rings. The molecule has 0 spiro atoms. The summed E-state index contributed by atoms with van der Waals surface area (Å²) in [6.07, 6.45) is 4.16. The predicted octanol–water partition coefficient (Wildman–Crippen LogP) is 4.88. The Morgan fingerprint density at radius 3 is 2.75 bits per heavy atom. The van der Waals surface area contributed by atoms with Crippen LogP contribution in [-0.4, -0.2) is 5.88 Å². The lowest BCUT2D eigenvalue weighted by molar-refractivity contribution is 0.396. The second kappa shape index (κ2) is 5.57. The summed E-state index contributed by atoms with van der Waals surface area (Å²) in [7, 11) is 0. The molecule has 2 aromatic carbocycles. The first kappa shape index (κ1) is 13.6. The van der Waals surface area contributed by atoms with E-state index >= 15 is 0 Å². The molecule has 0 radical (unpaired) electrons. The summed E-state index contributed by atoms with van der Waals surface area (Å²) < 4.78 is 13.4. The molecule has 0 saturated heterocycles. The zero-order valence-electron chi connectivity index (χ0n) is 11.4. The van der Waals surface area contributed by atoms with Gasteiger partial charge >= 0.3 is 0 Å². The molecule has 2 aromatic rings. The van der Waals surface area contributed by atoms with Crippen molar-refractivity contribution in [3.8, 4) is 0 Å². The van der Waals surface area contributed by atoms with Crippen LogP contribution in [0.4, 0.5) is 4.39 Å². The van der Waals surface area contributed by atoms with Crippen LogP contribution in [0.3, 0.4) is 0 Å². The third-order valence-electron chi connectivity index (χ3n) is 4.38. The third kappa shape index (κ3) is 2.47. The van der Waals surface area contributed by atoms with Gasteiger partial charge in [-0.25, -0.2) is 4.39 Å². The highest BCUT2D eigenvalue weighted by Crippen LogP contribution is 2.41. The summed E-state index contributed by atoms with van der Waals surface area (Å²) in [6, 6.07) is 15.5. The van der Waals surface area contributed by atoms with Crippen molar-refractivity contribution in [1.82, 2.24) is 0 Å². The van der Waals surface area contributed by atoms with Gasteiger partial charge in [-0.15, -0.1) is 11.6 Å². The SMILES string of the molecule is Fc1cccc(CC2(CCl)CCCc3ccccc32)c1. The number of alkyl halides is 1. The van der Waals surface area contributed by atoms with E-state index in [0.717, 1.165) is 31.2 Å². The number of aryl methyl sites for hydroxylation is 1. The molecule has 0 bridgehead atoms. The van der Waals surface area contributed by atoms with E-state index in [1.165, 1.54) is 17.2 Å². The van der Waals surface area contributed by atoms with E-state index < -0.39 is 0 Å². The highest BCUT2D eigenvalue weighted by molar-refractivity contribution is 6.18. The second-order valence-corrected chi connectivity index (χ2v) is 6.00.